The Balaban J connectivity index is 2.99. The molecule has 0 saturated carbocycles. The first-order valence-electron chi connectivity index (χ1n) is 2.75. The Kier molecular flexibility index (Phi) is 0.858. The fourth-order valence-corrected chi connectivity index (χ4v) is 0.754. The van der Waals surface area contributed by atoms with E-state index >= 15 is 0 Å². The highest BCUT2D eigenvalue weighted by Gasteiger charge is 1.90. The van der Waals surface area contributed by atoms with Crippen molar-refractivity contribution in [3.63, 3.8) is 0 Å². The molecular formula is C5H4N4O. The second-order valence-electron chi connectivity index (χ2n) is 1.84. The summed E-state index contributed by atoms with van der Waals surface area (Å²) in [5, 5.41) is 3.84. The topological polar surface area (TPSA) is 63.1 Å². The zero-order valence-corrected chi connectivity index (χ0v) is 4.98. The lowest BCUT2D eigenvalue weighted by Crippen LogP contribution is -2.11. The number of rotatable bonds is 0. The summed E-state index contributed by atoms with van der Waals surface area (Å²) in [6, 6.07) is 1.70. The Labute approximate surface area is 55.3 Å². The van der Waals surface area contributed by atoms with Gasteiger partial charge in [0, 0.05) is 6.07 Å². The fourth-order valence-electron chi connectivity index (χ4n) is 0.754. The second kappa shape index (κ2) is 1.66. The quantitative estimate of drug-likeness (QED) is 0.526. The van der Waals surface area contributed by atoms with Crippen LogP contribution in [0.5, 0.6) is 0 Å². The Morgan fingerprint density at radius 1 is 1.60 bits per heavy atom. The Morgan fingerprint density at radius 3 is 3.40 bits per heavy atom. The van der Waals surface area contributed by atoms with E-state index in [0.29, 0.717) is 5.65 Å². The number of nitrogens with one attached hydrogen (secondary N) is 1. The second-order valence-corrected chi connectivity index (χ2v) is 1.84. The molecule has 0 unspecified atom stereocenters. The molecule has 0 aliphatic heterocycles. The van der Waals surface area contributed by atoms with Crippen LogP contribution in [0.4, 0.5) is 0 Å². The molecule has 2 aromatic heterocycles. The van der Waals surface area contributed by atoms with Gasteiger partial charge >= 0.3 is 5.69 Å². The van der Waals surface area contributed by atoms with E-state index in [9.17, 15) is 4.79 Å². The molecule has 2 rings (SSSR count). The smallest absolute Gasteiger partial charge is 0.290 e. The highest BCUT2D eigenvalue weighted by Crippen LogP contribution is 1.88. The summed E-state index contributed by atoms with van der Waals surface area (Å²) in [4.78, 5) is 16.5. The maximum atomic E-state index is 10.6. The Hall–Kier alpha value is -1.65. The first-order chi connectivity index (χ1) is 4.86. The minimum absolute atomic E-state index is 0.354. The lowest BCUT2D eigenvalue weighted by molar-refractivity contribution is 0.871. The van der Waals surface area contributed by atoms with Gasteiger partial charge in [0.25, 0.3) is 0 Å². The monoisotopic (exact) mass is 136 g/mol. The third-order valence-electron chi connectivity index (χ3n) is 1.19. The van der Waals surface area contributed by atoms with Crippen LogP contribution in [0.15, 0.2) is 23.4 Å². The van der Waals surface area contributed by atoms with E-state index < -0.39 is 0 Å². The predicted octanol–water partition coefficient (Wildman–Crippen LogP) is -0.582. The molecule has 0 radical (unpaired) electrons. The summed E-state index contributed by atoms with van der Waals surface area (Å²) in [7, 11) is 0. The average Bonchev–Trinajstić information content (AvgIpc) is 2.33. The summed E-state index contributed by atoms with van der Waals surface area (Å²) in [6.45, 7) is 0. The molecule has 0 aliphatic rings. The molecule has 5 nitrogen and oxygen atoms in total. The van der Waals surface area contributed by atoms with Gasteiger partial charge in [0.05, 0.1) is 6.20 Å². The number of nitrogens with zero attached hydrogens (tertiary/aromatic N) is 3. The molecular weight excluding hydrogens is 132 g/mol. The largest absolute Gasteiger partial charge is 0.348 e. The van der Waals surface area contributed by atoms with Crippen molar-refractivity contribution in [3.05, 3.63) is 29.1 Å². The zero-order chi connectivity index (χ0) is 6.97. The lowest BCUT2D eigenvalue weighted by atomic mass is 10.7. The molecule has 5 heteroatoms. The van der Waals surface area contributed by atoms with Crippen LogP contribution in [0.3, 0.4) is 0 Å². The number of aromatic nitrogens is 4. The van der Waals surface area contributed by atoms with Crippen LogP contribution in [-0.2, 0) is 0 Å². The molecule has 0 bridgehead atoms. The molecule has 2 heterocycles. The van der Waals surface area contributed by atoms with E-state index in [-0.39, 0.29) is 5.69 Å². The van der Waals surface area contributed by atoms with Crippen molar-refractivity contribution in [1.82, 2.24) is 19.6 Å². The van der Waals surface area contributed by atoms with Crippen LogP contribution in [0, 0.1) is 0 Å². The highest BCUT2D eigenvalue weighted by atomic mass is 16.1. The minimum atomic E-state index is -0.354. The molecule has 0 spiro atoms. The maximum absolute atomic E-state index is 10.6. The van der Waals surface area contributed by atoms with Crippen molar-refractivity contribution in [1.29, 1.82) is 0 Å². The van der Waals surface area contributed by atoms with Gasteiger partial charge < -0.3 is 0 Å². The summed E-state index contributed by atoms with van der Waals surface area (Å²) >= 11 is 0. The standard InChI is InChI=1S/C5H4N4O/c10-5-6-3-9-4(8-5)1-2-7-9/h1-3H,(H,8,10). The number of fused-ring (bicyclic) bond motifs is 1. The first-order valence-corrected chi connectivity index (χ1v) is 2.75. The van der Waals surface area contributed by atoms with E-state index in [1.54, 1.807) is 12.3 Å². The van der Waals surface area contributed by atoms with Gasteiger partial charge in [-0.05, 0) is 0 Å². The predicted molar refractivity (Wildman–Crippen MR) is 33.6 cm³/mol. The van der Waals surface area contributed by atoms with Crippen LogP contribution < -0.4 is 5.69 Å². The molecule has 1 N–H and O–H groups in total. The third-order valence-corrected chi connectivity index (χ3v) is 1.19. The van der Waals surface area contributed by atoms with Gasteiger partial charge in [0.2, 0.25) is 0 Å². The van der Waals surface area contributed by atoms with E-state index in [4.69, 9.17) is 0 Å². The Morgan fingerprint density at radius 2 is 2.50 bits per heavy atom. The molecule has 0 aliphatic carbocycles. The van der Waals surface area contributed by atoms with Crippen LogP contribution >= 0.6 is 0 Å². The summed E-state index contributed by atoms with van der Waals surface area (Å²) < 4.78 is 1.49. The molecule has 0 fully saturated rings. The summed E-state index contributed by atoms with van der Waals surface area (Å²) in [5.41, 5.74) is 0.299. The van der Waals surface area contributed by atoms with Crippen molar-refractivity contribution in [2.75, 3.05) is 0 Å². The summed E-state index contributed by atoms with van der Waals surface area (Å²) in [6.07, 6.45) is 2.96. The molecule has 2 aromatic rings. The van der Waals surface area contributed by atoms with Crippen LogP contribution in [0.2, 0.25) is 0 Å². The van der Waals surface area contributed by atoms with E-state index in [0.717, 1.165) is 0 Å². The van der Waals surface area contributed by atoms with Crippen LogP contribution in [0.1, 0.15) is 0 Å². The number of H-pyrrole nitrogens is 1. The number of aromatic amines is 1. The molecule has 0 aromatic carbocycles. The third kappa shape index (κ3) is 0.604. The van der Waals surface area contributed by atoms with Crippen LogP contribution in [-0.4, -0.2) is 19.6 Å². The van der Waals surface area contributed by atoms with Crippen LogP contribution in [0.25, 0.3) is 5.65 Å². The van der Waals surface area contributed by atoms with Gasteiger partial charge in [-0.1, -0.05) is 0 Å². The van der Waals surface area contributed by atoms with E-state index in [1.807, 2.05) is 0 Å². The van der Waals surface area contributed by atoms with E-state index in [2.05, 4.69) is 15.1 Å². The minimum Gasteiger partial charge on any atom is -0.290 e. The van der Waals surface area contributed by atoms with Gasteiger partial charge in [-0.2, -0.15) is 10.1 Å². The van der Waals surface area contributed by atoms with Gasteiger partial charge in [0.15, 0.2) is 0 Å². The Bertz CT molecular complexity index is 401. The highest BCUT2D eigenvalue weighted by molar-refractivity contribution is 5.32. The number of hydrogen-bond acceptors (Lipinski definition) is 3. The fraction of sp³-hybridized carbons (Fsp3) is 0. The zero-order valence-electron chi connectivity index (χ0n) is 4.98. The molecule has 50 valence electrons. The van der Waals surface area contributed by atoms with Gasteiger partial charge in [-0.25, -0.2) is 9.31 Å². The molecule has 0 saturated heterocycles. The van der Waals surface area contributed by atoms with Crippen molar-refractivity contribution in [2.45, 2.75) is 0 Å². The first kappa shape index (κ1) is 5.16. The van der Waals surface area contributed by atoms with Gasteiger partial charge in [-0.3, -0.25) is 4.98 Å². The number of hydrogen-bond donors (Lipinski definition) is 1. The SMILES string of the molecule is O=c1ncn2nccc2[nH]1. The van der Waals surface area contributed by atoms with Crippen molar-refractivity contribution in [2.24, 2.45) is 0 Å². The van der Waals surface area contributed by atoms with E-state index in [1.165, 1.54) is 10.8 Å². The van der Waals surface area contributed by atoms with Crippen molar-refractivity contribution < 1.29 is 0 Å². The molecule has 10 heavy (non-hydrogen) atoms. The van der Waals surface area contributed by atoms with Crippen molar-refractivity contribution in [3.8, 4) is 0 Å². The van der Waals surface area contributed by atoms with Crippen molar-refractivity contribution >= 4 is 5.65 Å². The molecule has 0 atom stereocenters. The van der Waals surface area contributed by atoms with Gasteiger partial charge in [0.1, 0.15) is 12.0 Å². The summed E-state index contributed by atoms with van der Waals surface area (Å²) in [5.74, 6) is 0. The average molecular weight is 136 g/mol. The lowest BCUT2D eigenvalue weighted by Gasteiger charge is -1.86. The maximum Gasteiger partial charge on any atom is 0.348 e. The normalized spacial score (nSPS) is 10.4. The molecule has 0 amide bonds. The van der Waals surface area contributed by atoms with Gasteiger partial charge in [-0.15, -0.1) is 0 Å².